The van der Waals surface area contributed by atoms with Crippen LogP contribution >= 0.6 is 0 Å². The topological polar surface area (TPSA) is 81.7 Å². The molecule has 0 saturated carbocycles. The van der Waals surface area contributed by atoms with Crippen molar-refractivity contribution in [2.75, 3.05) is 26.2 Å². The molecule has 2 amide bonds. The van der Waals surface area contributed by atoms with Crippen LogP contribution in [-0.4, -0.2) is 54.2 Å². The zero-order chi connectivity index (χ0) is 13.4. The summed E-state index contributed by atoms with van der Waals surface area (Å²) in [6, 6.07) is 0.0153. The Morgan fingerprint density at radius 2 is 2.22 bits per heavy atom. The fraction of sp³-hybridized carbons (Fsp3) is 0.833. The monoisotopic (exact) mass is 257 g/mol. The molecule has 3 N–H and O–H groups in total. The van der Waals surface area contributed by atoms with Gasteiger partial charge in [0.1, 0.15) is 0 Å². The number of carboxylic acid groups (broad SMARTS) is 1. The number of carboxylic acids is 1. The number of urea groups is 1. The highest BCUT2D eigenvalue weighted by Crippen LogP contribution is 2.09. The number of aliphatic carboxylic acids is 1. The summed E-state index contributed by atoms with van der Waals surface area (Å²) in [6.07, 6.45) is 2.68. The van der Waals surface area contributed by atoms with Gasteiger partial charge in [0.15, 0.2) is 0 Å². The highest BCUT2D eigenvalue weighted by atomic mass is 16.4. The van der Waals surface area contributed by atoms with Crippen molar-refractivity contribution in [1.29, 1.82) is 0 Å². The summed E-state index contributed by atoms with van der Waals surface area (Å²) in [5.74, 6) is -0.830. The van der Waals surface area contributed by atoms with Gasteiger partial charge in [-0.05, 0) is 32.4 Å². The van der Waals surface area contributed by atoms with Crippen molar-refractivity contribution in [3.8, 4) is 0 Å². The number of likely N-dealkylation sites (tertiary alicyclic amines) is 1. The van der Waals surface area contributed by atoms with Crippen LogP contribution in [0, 0.1) is 0 Å². The average Bonchev–Trinajstić information content (AvgIpc) is 2.34. The molecule has 0 spiro atoms. The quantitative estimate of drug-likeness (QED) is 0.610. The van der Waals surface area contributed by atoms with Gasteiger partial charge in [0, 0.05) is 25.6 Å². The summed E-state index contributed by atoms with van der Waals surface area (Å²) in [5.41, 5.74) is 0. The van der Waals surface area contributed by atoms with Gasteiger partial charge >= 0.3 is 12.0 Å². The predicted molar refractivity (Wildman–Crippen MR) is 68.5 cm³/mol. The Morgan fingerprint density at radius 3 is 2.89 bits per heavy atom. The Kier molecular flexibility index (Phi) is 6.49. The molecule has 1 saturated heterocycles. The molecule has 0 aromatic rings. The summed E-state index contributed by atoms with van der Waals surface area (Å²) in [4.78, 5) is 24.2. The van der Waals surface area contributed by atoms with Crippen LogP contribution in [0.25, 0.3) is 0 Å². The molecule has 1 aliphatic rings. The molecule has 104 valence electrons. The Hall–Kier alpha value is -1.30. The number of hydrogen-bond acceptors (Lipinski definition) is 3. The van der Waals surface area contributed by atoms with Crippen LogP contribution < -0.4 is 10.6 Å². The van der Waals surface area contributed by atoms with Crippen LogP contribution in [0.5, 0.6) is 0 Å². The largest absolute Gasteiger partial charge is 0.481 e. The van der Waals surface area contributed by atoms with Gasteiger partial charge in [-0.3, -0.25) is 4.79 Å². The van der Waals surface area contributed by atoms with Crippen LogP contribution in [0.4, 0.5) is 4.79 Å². The Morgan fingerprint density at radius 1 is 1.44 bits per heavy atom. The third-order valence-corrected chi connectivity index (χ3v) is 3.14. The standard InChI is InChI=1S/C12H23N3O3/c1-2-15-8-4-5-10(9-15)14-12(18)13-7-3-6-11(16)17/h10H,2-9H2,1H3,(H,16,17)(H2,13,14,18). The first-order valence-corrected chi connectivity index (χ1v) is 6.60. The van der Waals surface area contributed by atoms with Gasteiger partial charge in [-0.2, -0.15) is 0 Å². The SMILES string of the molecule is CCN1CCCC(NC(=O)NCCCC(=O)O)C1. The number of likely N-dealkylation sites (N-methyl/N-ethyl adjacent to an activating group) is 1. The minimum Gasteiger partial charge on any atom is -0.481 e. The molecule has 0 bridgehead atoms. The second kappa shape index (κ2) is 7.92. The van der Waals surface area contributed by atoms with Crippen LogP contribution in [0.1, 0.15) is 32.6 Å². The van der Waals surface area contributed by atoms with E-state index in [0.717, 1.165) is 32.5 Å². The first-order chi connectivity index (χ1) is 8.61. The summed E-state index contributed by atoms with van der Waals surface area (Å²) < 4.78 is 0. The minimum absolute atomic E-state index is 0.0906. The number of hydrogen-bond donors (Lipinski definition) is 3. The van der Waals surface area contributed by atoms with E-state index in [1.54, 1.807) is 0 Å². The van der Waals surface area contributed by atoms with Gasteiger partial charge in [0.25, 0.3) is 0 Å². The molecule has 1 rings (SSSR count). The third-order valence-electron chi connectivity index (χ3n) is 3.14. The van der Waals surface area contributed by atoms with Gasteiger partial charge in [0.05, 0.1) is 0 Å². The number of carbonyl (C=O) groups excluding carboxylic acids is 1. The van der Waals surface area contributed by atoms with Crippen molar-refractivity contribution < 1.29 is 14.7 Å². The van der Waals surface area contributed by atoms with Gasteiger partial charge in [0.2, 0.25) is 0 Å². The fourth-order valence-corrected chi connectivity index (χ4v) is 2.14. The zero-order valence-electron chi connectivity index (χ0n) is 10.9. The molecule has 1 fully saturated rings. The maximum atomic E-state index is 11.6. The molecule has 0 aliphatic carbocycles. The molecular weight excluding hydrogens is 234 g/mol. The lowest BCUT2D eigenvalue weighted by atomic mass is 10.1. The number of nitrogens with one attached hydrogen (secondary N) is 2. The molecule has 1 heterocycles. The molecule has 0 aromatic carbocycles. The maximum absolute atomic E-state index is 11.6. The highest BCUT2D eigenvalue weighted by Gasteiger charge is 2.19. The normalized spacial score (nSPS) is 20.4. The van der Waals surface area contributed by atoms with E-state index in [1.165, 1.54) is 0 Å². The van der Waals surface area contributed by atoms with E-state index in [2.05, 4.69) is 22.5 Å². The molecule has 0 radical (unpaired) electrons. The lowest BCUT2D eigenvalue weighted by molar-refractivity contribution is -0.137. The fourth-order valence-electron chi connectivity index (χ4n) is 2.14. The summed E-state index contributed by atoms with van der Waals surface area (Å²) in [7, 11) is 0. The van der Waals surface area contributed by atoms with E-state index in [0.29, 0.717) is 13.0 Å². The summed E-state index contributed by atoms with van der Waals surface area (Å²) >= 11 is 0. The Labute approximate surface area is 108 Å². The van der Waals surface area contributed by atoms with Gasteiger partial charge in [-0.15, -0.1) is 0 Å². The number of piperidine rings is 1. The van der Waals surface area contributed by atoms with Gasteiger partial charge in [-0.25, -0.2) is 4.79 Å². The third kappa shape index (κ3) is 5.86. The number of carbonyl (C=O) groups is 2. The molecule has 6 nitrogen and oxygen atoms in total. The summed E-state index contributed by atoms with van der Waals surface area (Å²) in [6.45, 7) is 5.54. The van der Waals surface area contributed by atoms with Crippen LogP contribution in [0.15, 0.2) is 0 Å². The molecule has 18 heavy (non-hydrogen) atoms. The predicted octanol–water partition coefficient (Wildman–Crippen LogP) is 0.635. The summed E-state index contributed by atoms with van der Waals surface area (Å²) in [5, 5.41) is 14.1. The first-order valence-electron chi connectivity index (χ1n) is 6.60. The number of amides is 2. The van der Waals surface area contributed by atoms with E-state index in [-0.39, 0.29) is 18.5 Å². The average molecular weight is 257 g/mol. The van der Waals surface area contributed by atoms with Crippen molar-refractivity contribution in [3.05, 3.63) is 0 Å². The van der Waals surface area contributed by atoms with Crippen molar-refractivity contribution in [1.82, 2.24) is 15.5 Å². The van der Waals surface area contributed by atoms with E-state index in [1.807, 2.05) is 0 Å². The highest BCUT2D eigenvalue weighted by molar-refractivity contribution is 5.74. The zero-order valence-corrected chi connectivity index (χ0v) is 10.9. The maximum Gasteiger partial charge on any atom is 0.315 e. The Bertz CT molecular complexity index is 284. The van der Waals surface area contributed by atoms with E-state index < -0.39 is 5.97 Å². The van der Waals surface area contributed by atoms with E-state index >= 15 is 0 Å². The smallest absolute Gasteiger partial charge is 0.315 e. The van der Waals surface area contributed by atoms with Gasteiger partial charge in [-0.1, -0.05) is 6.92 Å². The van der Waals surface area contributed by atoms with E-state index in [9.17, 15) is 9.59 Å². The van der Waals surface area contributed by atoms with Crippen molar-refractivity contribution >= 4 is 12.0 Å². The van der Waals surface area contributed by atoms with Crippen LogP contribution in [0.2, 0.25) is 0 Å². The molecular formula is C12H23N3O3. The van der Waals surface area contributed by atoms with E-state index in [4.69, 9.17) is 5.11 Å². The lowest BCUT2D eigenvalue weighted by Crippen LogP contribution is -2.50. The molecule has 6 heteroatoms. The number of nitrogens with zero attached hydrogens (tertiary/aromatic N) is 1. The first kappa shape index (κ1) is 14.8. The van der Waals surface area contributed by atoms with Crippen molar-refractivity contribution in [2.45, 2.75) is 38.6 Å². The second-order valence-corrected chi connectivity index (χ2v) is 4.63. The van der Waals surface area contributed by atoms with Crippen LogP contribution in [0.3, 0.4) is 0 Å². The minimum atomic E-state index is -0.830. The lowest BCUT2D eigenvalue weighted by Gasteiger charge is -2.32. The van der Waals surface area contributed by atoms with Gasteiger partial charge < -0.3 is 20.6 Å². The van der Waals surface area contributed by atoms with Crippen molar-refractivity contribution in [3.63, 3.8) is 0 Å². The molecule has 1 aliphatic heterocycles. The second-order valence-electron chi connectivity index (χ2n) is 4.63. The molecule has 1 unspecified atom stereocenters. The number of rotatable bonds is 6. The Balaban J connectivity index is 2.13. The molecule has 1 atom stereocenters. The van der Waals surface area contributed by atoms with Crippen molar-refractivity contribution in [2.24, 2.45) is 0 Å². The molecule has 0 aromatic heterocycles. The van der Waals surface area contributed by atoms with Crippen LogP contribution in [-0.2, 0) is 4.79 Å².